The van der Waals surface area contributed by atoms with Gasteiger partial charge in [0.05, 0.1) is 18.4 Å². The van der Waals surface area contributed by atoms with E-state index in [1.54, 1.807) is 26.2 Å². The first-order valence-corrected chi connectivity index (χ1v) is 12.9. The first-order valence-electron chi connectivity index (χ1n) is 10.4. The lowest BCUT2D eigenvalue weighted by atomic mass is 10.1. The Labute approximate surface area is 202 Å². The third kappa shape index (κ3) is 7.17. The summed E-state index contributed by atoms with van der Waals surface area (Å²) in [6, 6.07) is 13.8. The van der Waals surface area contributed by atoms with Gasteiger partial charge in [0, 0.05) is 23.6 Å². The molecule has 0 saturated heterocycles. The van der Waals surface area contributed by atoms with Crippen LogP contribution in [0, 0.1) is 6.92 Å². The number of benzene rings is 2. The second-order valence-corrected chi connectivity index (χ2v) is 10.1. The molecule has 1 aromatic heterocycles. The van der Waals surface area contributed by atoms with Crippen molar-refractivity contribution in [3.05, 3.63) is 81.3 Å². The number of ether oxygens (including phenoxy) is 1. The van der Waals surface area contributed by atoms with Crippen molar-refractivity contribution in [3.63, 3.8) is 0 Å². The van der Waals surface area contributed by atoms with Crippen LogP contribution >= 0.6 is 11.8 Å². The number of nitrogens with zero attached hydrogens (tertiary/aromatic N) is 1. The van der Waals surface area contributed by atoms with Gasteiger partial charge >= 0.3 is 0 Å². The Bertz CT molecular complexity index is 1320. The Balaban J connectivity index is 1.53. The van der Waals surface area contributed by atoms with Gasteiger partial charge < -0.3 is 15.0 Å². The second-order valence-electron chi connectivity index (χ2n) is 7.54. The number of methoxy groups -OCH3 is 1. The molecule has 11 heteroatoms. The Morgan fingerprint density at radius 3 is 2.56 bits per heavy atom. The van der Waals surface area contributed by atoms with Crippen molar-refractivity contribution in [1.82, 2.24) is 15.3 Å². The molecule has 0 fully saturated rings. The maximum Gasteiger partial charge on any atom is 0.255 e. The summed E-state index contributed by atoms with van der Waals surface area (Å²) < 4.78 is 27.8. The summed E-state index contributed by atoms with van der Waals surface area (Å²) >= 11 is 1.39. The van der Waals surface area contributed by atoms with Crippen LogP contribution in [0.2, 0.25) is 0 Å². The zero-order chi connectivity index (χ0) is 24.7. The van der Waals surface area contributed by atoms with Crippen molar-refractivity contribution in [2.45, 2.75) is 35.6 Å². The molecule has 4 N–H and O–H groups in total. The molecule has 34 heavy (non-hydrogen) atoms. The van der Waals surface area contributed by atoms with E-state index in [-0.39, 0.29) is 22.8 Å². The van der Waals surface area contributed by atoms with Crippen LogP contribution in [-0.4, -0.2) is 37.9 Å². The van der Waals surface area contributed by atoms with Gasteiger partial charge in [-0.1, -0.05) is 36.0 Å². The number of hydrogen-bond donors (Lipinski definition) is 3. The van der Waals surface area contributed by atoms with Crippen LogP contribution in [0.3, 0.4) is 0 Å². The lowest BCUT2D eigenvalue weighted by Gasteiger charge is -2.09. The van der Waals surface area contributed by atoms with Gasteiger partial charge in [0.2, 0.25) is 15.9 Å². The monoisotopic (exact) mass is 502 g/mol. The molecule has 0 atom stereocenters. The number of carbonyl (C=O) groups is 1. The van der Waals surface area contributed by atoms with E-state index in [0.717, 1.165) is 16.9 Å². The summed E-state index contributed by atoms with van der Waals surface area (Å²) in [5.74, 6) is 1.07. The van der Waals surface area contributed by atoms with Crippen LogP contribution in [0.4, 0.5) is 0 Å². The molecule has 2 aromatic carbocycles. The van der Waals surface area contributed by atoms with Gasteiger partial charge in [-0.25, -0.2) is 18.5 Å². The predicted molar refractivity (Wildman–Crippen MR) is 130 cm³/mol. The van der Waals surface area contributed by atoms with Crippen molar-refractivity contribution >= 4 is 27.7 Å². The molecular weight excluding hydrogens is 476 g/mol. The molecule has 3 aromatic rings. The molecule has 0 spiro atoms. The van der Waals surface area contributed by atoms with Crippen LogP contribution in [0.15, 0.2) is 63.4 Å². The number of amides is 1. The normalized spacial score (nSPS) is 11.3. The van der Waals surface area contributed by atoms with E-state index < -0.39 is 10.0 Å². The Hall–Kier alpha value is -3.15. The van der Waals surface area contributed by atoms with Gasteiger partial charge in [-0.05, 0) is 48.7 Å². The molecule has 9 nitrogen and oxygen atoms in total. The number of rotatable bonds is 10. The molecule has 0 unspecified atom stereocenters. The second kappa shape index (κ2) is 11.3. The summed E-state index contributed by atoms with van der Waals surface area (Å²) in [4.78, 5) is 32.1. The number of hydrogen-bond acceptors (Lipinski definition) is 7. The van der Waals surface area contributed by atoms with E-state index in [0.29, 0.717) is 35.1 Å². The maximum atomic E-state index is 12.5. The number of aryl methyl sites for hydroxylation is 1. The summed E-state index contributed by atoms with van der Waals surface area (Å²) in [5, 5.41) is 8.34. The number of nitrogens with two attached hydrogens (primary N) is 1. The number of H-pyrrole nitrogens is 1. The summed E-state index contributed by atoms with van der Waals surface area (Å²) in [5.41, 5.74) is 2.37. The van der Waals surface area contributed by atoms with E-state index in [4.69, 9.17) is 9.88 Å². The third-order valence-corrected chi connectivity index (χ3v) is 6.91. The third-order valence-electron chi connectivity index (χ3n) is 5.04. The topological polar surface area (TPSA) is 144 Å². The van der Waals surface area contributed by atoms with Crippen LogP contribution in [0.25, 0.3) is 0 Å². The highest BCUT2D eigenvalue weighted by Crippen LogP contribution is 2.22. The molecule has 1 amide bonds. The standard InChI is InChI=1S/C23H26N4O5S2/c1-15-20(13-21(28)25-11-10-16-6-8-19(9-7-16)34(24,30)31)22(29)27-23(26-15)33-14-17-4-3-5-18(12-17)32-2/h3-9,12H,10-11,13-14H2,1-2H3,(H,25,28)(H2,24,30,31)(H,26,27,29). The summed E-state index contributed by atoms with van der Waals surface area (Å²) in [7, 11) is -2.13. The average Bonchev–Trinajstić information content (AvgIpc) is 2.80. The first kappa shape index (κ1) is 25.5. The minimum absolute atomic E-state index is 0.0348. The zero-order valence-corrected chi connectivity index (χ0v) is 20.5. The largest absolute Gasteiger partial charge is 0.497 e. The van der Waals surface area contributed by atoms with Crippen molar-refractivity contribution < 1.29 is 17.9 Å². The highest BCUT2D eigenvalue weighted by molar-refractivity contribution is 7.98. The minimum Gasteiger partial charge on any atom is -0.497 e. The maximum absolute atomic E-state index is 12.5. The molecule has 0 aliphatic carbocycles. The smallest absolute Gasteiger partial charge is 0.255 e. The zero-order valence-electron chi connectivity index (χ0n) is 18.8. The van der Waals surface area contributed by atoms with Crippen molar-refractivity contribution in [2.75, 3.05) is 13.7 Å². The minimum atomic E-state index is -3.74. The fourth-order valence-corrected chi connectivity index (χ4v) is 4.55. The van der Waals surface area contributed by atoms with Crippen LogP contribution in [0.1, 0.15) is 22.4 Å². The van der Waals surface area contributed by atoms with Crippen molar-refractivity contribution in [2.24, 2.45) is 5.14 Å². The lowest BCUT2D eigenvalue weighted by molar-refractivity contribution is -0.120. The number of sulfonamides is 1. The average molecular weight is 503 g/mol. The van der Waals surface area contributed by atoms with E-state index in [1.165, 1.54) is 23.9 Å². The highest BCUT2D eigenvalue weighted by atomic mass is 32.2. The number of nitrogens with one attached hydrogen (secondary N) is 2. The Morgan fingerprint density at radius 2 is 1.91 bits per heavy atom. The van der Waals surface area contributed by atoms with Crippen LogP contribution in [0.5, 0.6) is 5.75 Å². The fraction of sp³-hybridized carbons (Fsp3) is 0.261. The van der Waals surface area contributed by atoms with Gasteiger partial charge in [-0.15, -0.1) is 0 Å². The van der Waals surface area contributed by atoms with E-state index >= 15 is 0 Å². The number of thioether (sulfide) groups is 1. The van der Waals surface area contributed by atoms with Gasteiger partial charge in [-0.2, -0.15) is 0 Å². The highest BCUT2D eigenvalue weighted by Gasteiger charge is 2.13. The van der Waals surface area contributed by atoms with Crippen LogP contribution in [-0.2, 0) is 33.4 Å². The number of aromatic nitrogens is 2. The SMILES string of the molecule is COc1cccc(CSc2nc(C)c(CC(=O)NCCc3ccc(S(N)(=O)=O)cc3)c(=O)[nH]2)c1. The predicted octanol–water partition coefficient (Wildman–Crippen LogP) is 1.93. The quantitative estimate of drug-likeness (QED) is 0.284. The van der Waals surface area contributed by atoms with E-state index in [2.05, 4.69) is 15.3 Å². The Morgan fingerprint density at radius 1 is 1.18 bits per heavy atom. The molecule has 1 heterocycles. The molecule has 0 bridgehead atoms. The molecule has 0 aliphatic heterocycles. The molecule has 0 saturated carbocycles. The molecule has 0 aliphatic rings. The van der Waals surface area contributed by atoms with Gasteiger partial charge in [-0.3, -0.25) is 9.59 Å². The molecule has 0 radical (unpaired) electrons. The van der Waals surface area contributed by atoms with Gasteiger partial charge in [0.25, 0.3) is 5.56 Å². The molecular formula is C23H26N4O5S2. The number of primary sulfonamides is 1. The van der Waals surface area contributed by atoms with E-state index in [9.17, 15) is 18.0 Å². The van der Waals surface area contributed by atoms with Crippen molar-refractivity contribution in [3.8, 4) is 5.75 Å². The van der Waals surface area contributed by atoms with Gasteiger partial charge in [0.1, 0.15) is 5.75 Å². The summed E-state index contributed by atoms with van der Waals surface area (Å²) in [6.45, 7) is 2.05. The Kier molecular flexibility index (Phi) is 8.48. The lowest BCUT2D eigenvalue weighted by Crippen LogP contribution is -2.30. The molecule has 180 valence electrons. The first-order chi connectivity index (χ1) is 16.2. The van der Waals surface area contributed by atoms with E-state index in [1.807, 2.05) is 24.3 Å². The summed E-state index contributed by atoms with van der Waals surface area (Å²) in [6.07, 6.45) is 0.420. The fourth-order valence-electron chi connectivity index (χ4n) is 3.19. The van der Waals surface area contributed by atoms with Crippen molar-refractivity contribution in [1.29, 1.82) is 0 Å². The molecule has 3 rings (SSSR count). The number of carbonyl (C=O) groups excluding carboxylic acids is 1. The van der Waals surface area contributed by atoms with Crippen LogP contribution < -0.4 is 20.8 Å². The van der Waals surface area contributed by atoms with Gasteiger partial charge in [0.15, 0.2) is 5.16 Å². The number of aromatic amines is 1.